The topological polar surface area (TPSA) is 29.1 Å². The van der Waals surface area contributed by atoms with Crippen LogP contribution in [0.4, 0.5) is 5.69 Å². The lowest BCUT2D eigenvalue weighted by atomic mass is 10.1. The normalized spacial score (nSPS) is 9.38. The van der Waals surface area contributed by atoms with Gasteiger partial charge in [0.1, 0.15) is 0 Å². The first-order chi connectivity index (χ1) is 6.09. The van der Waals surface area contributed by atoms with Crippen LogP contribution in [-0.4, -0.2) is 5.91 Å². The smallest absolute Gasteiger partial charge is 0.221 e. The van der Waals surface area contributed by atoms with E-state index in [-0.39, 0.29) is 5.91 Å². The third-order valence-corrected chi connectivity index (χ3v) is 1.70. The molecule has 0 fully saturated rings. The number of amides is 1. The largest absolute Gasteiger partial charge is 0.326 e. The molecule has 1 rings (SSSR count). The van der Waals surface area contributed by atoms with Crippen LogP contribution in [-0.2, 0) is 4.79 Å². The van der Waals surface area contributed by atoms with Crippen molar-refractivity contribution in [2.24, 2.45) is 0 Å². The molecule has 0 radical (unpaired) electrons. The number of carbonyl (C=O) groups excluding carboxylic acids is 1. The van der Waals surface area contributed by atoms with Crippen LogP contribution in [0.25, 0.3) is 5.57 Å². The summed E-state index contributed by atoms with van der Waals surface area (Å²) in [6, 6.07) is 7.61. The Labute approximate surface area is 78.3 Å². The summed E-state index contributed by atoms with van der Waals surface area (Å²) in [5, 5.41) is 2.70. The summed E-state index contributed by atoms with van der Waals surface area (Å²) >= 11 is 0. The molecule has 0 spiro atoms. The molecule has 13 heavy (non-hydrogen) atoms. The molecule has 0 aliphatic heterocycles. The van der Waals surface area contributed by atoms with Crippen molar-refractivity contribution < 1.29 is 4.79 Å². The number of nitrogens with one attached hydrogen (secondary N) is 1. The summed E-state index contributed by atoms with van der Waals surface area (Å²) in [6.07, 6.45) is 0. The lowest BCUT2D eigenvalue weighted by Crippen LogP contribution is -2.05. The van der Waals surface area contributed by atoms with Crippen LogP contribution in [0.2, 0.25) is 0 Å². The summed E-state index contributed by atoms with van der Waals surface area (Å²) in [7, 11) is 0. The van der Waals surface area contributed by atoms with Gasteiger partial charge in [0.2, 0.25) is 5.91 Å². The molecule has 68 valence electrons. The van der Waals surface area contributed by atoms with Gasteiger partial charge in [-0.1, -0.05) is 24.3 Å². The molecule has 0 unspecified atom stereocenters. The average molecular weight is 175 g/mol. The van der Waals surface area contributed by atoms with Gasteiger partial charge in [-0.15, -0.1) is 0 Å². The molecular formula is C11H13NO. The van der Waals surface area contributed by atoms with Crippen LogP contribution >= 0.6 is 0 Å². The molecule has 0 aromatic heterocycles. The average Bonchev–Trinajstić information content (AvgIpc) is 2.04. The molecule has 0 aliphatic carbocycles. The van der Waals surface area contributed by atoms with Crippen molar-refractivity contribution in [3.63, 3.8) is 0 Å². The molecule has 0 bridgehead atoms. The third-order valence-electron chi connectivity index (χ3n) is 1.70. The highest BCUT2D eigenvalue weighted by atomic mass is 16.1. The molecule has 1 N–H and O–H groups in total. The van der Waals surface area contributed by atoms with E-state index in [1.54, 1.807) is 0 Å². The SMILES string of the molecule is C=C(C)c1ccc(NC(C)=O)cc1. The van der Waals surface area contributed by atoms with Crippen molar-refractivity contribution in [1.29, 1.82) is 0 Å². The Bertz CT molecular complexity index is 324. The fourth-order valence-electron chi connectivity index (χ4n) is 1.04. The molecule has 1 amide bonds. The fraction of sp³-hybridized carbons (Fsp3) is 0.182. The van der Waals surface area contributed by atoms with Crippen LogP contribution in [0.3, 0.4) is 0 Å². The van der Waals surface area contributed by atoms with Gasteiger partial charge in [0.15, 0.2) is 0 Å². The molecular weight excluding hydrogens is 162 g/mol. The highest BCUT2D eigenvalue weighted by Crippen LogP contribution is 2.14. The maximum atomic E-state index is 10.7. The number of carbonyl (C=O) groups is 1. The molecule has 0 atom stereocenters. The van der Waals surface area contributed by atoms with Crippen LogP contribution in [0.1, 0.15) is 19.4 Å². The monoisotopic (exact) mass is 175 g/mol. The first-order valence-electron chi connectivity index (χ1n) is 4.13. The van der Waals surface area contributed by atoms with Gasteiger partial charge in [0, 0.05) is 12.6 Å². The lowest BCUT2D eigenvalue weighted by Gasteiger charge is -2.03. The molecule has 0 heterocycles. The van der Waals surface area contributed by atoms with E-state index in [1.165, 1.54) is 6.92 Å². The number of rotatable bonds is 2. The molecule has 2 heteroatoms. The van der Waals surface area contributed by atoms with E-state index in [1.807, 2.05) is 31.2 Å². The van der Waals surface area contributed by atoms with Crippen molar-refractivity contribution >= 4 is 17.2 Å². The zero-order valence-electron chi connectivity index (χ0n) is 7.92. The zero-order chi connectivity index (χ0) is 9.84. The second-order valence-corrected chi connectivity index (χ2v) is 3.04. The van der Waals surface area contributed by atoms with E-state index in [2.05, 4.69) is 11.9 Å². The van der Waals surface area contributed by atoms with E-state index < -0.39 is 0 Å². The number of benzene rings is 1. The molecule has 2 nitrogen and oxygen atoms in total. The van der Waals surface area contributed by atoms with Crippen molar-refractivity contribution in [1.82, 2.24) is 0 Å². The minimum Gasteiger partial charge on any atom is -0.326 e. The second-order valence-electron chi connectivity index (χ2n) is 3.04. The van der Waals surface area contributed by atoms with Gasteiger partial charge in [-0.3, -0.25) is 4.79 Å². The Hall–Kier alpha value is -1.57. The zero-order valence-corrected chi connectivity index (χ0v) is 7.92. The molecule has 0 saturated heterocycles. The van der Waals surface area contributed by atoms with E-state index in [4.69, 9.17) is 0 Å². The maximum Gasteiger partial charge on any atom is 0.221 e. The second kappa shape index (κ2) is 3.90. The first-order valence-corrected chi connectivity index (χ1v) is 4.13. The number of hydrogen-bond donors (Lipinski definition) is 1. The quantitative estimate of drug-likeness (QED) is 0.735. The first kappa shape index (κ1) is 9.52. The standard InChI is InChI=1S/C11H13NO/c1-8(2)10-4-6-11(7-5-10)12-9(3)13/h4-7H,1H2,2-3H3,(H,12,13). The van der Waals surface area contributed by atoms with Crippen molar-refractivity contribution in [2.45, 2.75) is 13.8 Å². The summed E-state index contributed by atoms with van der Waals surface area (Å²) < 4.78 is 0. The van der Waals surface area contributed by atoms with Crippen molar-refractivity contribution in [3.05, 3.63) is 36.4 Å². The van der Waals surface area contributed by atoms with Gasteiger partial charge in [0.25, 0.3) is 0 Å². The van der Waals surface area contributed by atoms with Crippen LogP contribution in [0, 0.1) is 0 Å². The van der Waals surface area contributed by atoms with Gasteiger partial charge in [-0.2, -0.15) is 0 Å². The minimum atomic E-state index is -0.0527. The van der Waals surface area contributed by atoms with E-state index in [0.717, 1.165) is 16.8 Å². The Morgan fingerprint density at radius 1 is 1.23 bits per heavy atom. The van der Waals surface area contributed by atoms with Crippen molar-refractivity contribution in [2.75, 3.05) is 5.32 Å². The predicted molar refractivity (Wildman–Crippen MR) is 55.5 cm³/mol. The van der Waals surface area contributed by atoms with Gasteiger partial charge in [-0.05, 0) is 24.6 Å². The molecule has 0 saturated carbocycles. The summed E-state index contributed by atoms with van der Waals surface area (Å²) in [6.45, 7) is 7.27. The number of hydrogen-bond acceptors (Lipinski definition) is 1. The lowest BCUT2D eigenvalue weighted by molar-refractivity contribution is -0.114. The van der Waals surface area contributed by atoms with Gasteiger partial charge in [-0.25, -0.2) is 0 Å². The summed E-state index contributed by atoms with van der Waals surface area (Å²) in [5.74, 6) is -0.0527. The van der Waals surface area contributed by atoms with E-state index in [9.17, 15) is 4.79 Å². The summed E-state index contributed by atoms with van der Waals surface area (Å²) in [5.41, 5.74) is 2.93. The number of anilines is 1. The van der Waals surface area contributed by atoms with Gasteiger partial charge >= 0.3 is 0 Å². The Morgan fingerprint density at radius 3 is 2.15 bits per heavy atom. The fourth-order valence-corrected chi connectivity index (χ4v) is 1.04. The third kappa shape index (κ3) is 2.75. The van der Waals surface area contributed by atoms with Gasteiger partial charge < -0.3 is 5.32 Å². The predicted octanol–water partition coefficient (Wildman–Crippen LogP) is 2.68. The minimum absolute atomic E-state index is 0.0527. The molecule has 0 aliphatic rings. The maximum absolute atomic E-state index is 10.7. The van der Waals surface area contributed by atoms with Crippen LogP contribution in [0.5, 0.6) is 0 Å². The molecule has 1 aromatic rings. The van der Waals surface area contributed by atoms with Crippen molar-refractivity contribution in [3.8, 4) is 0 Å². The van der Waals surface area contributed by atoms with Crippen LogP contribution < -0.4 is 5.32 Å². The Morgan fingerprint density at radius 2 is 1.77 bits per heavy atom. The summed E-state index contributed by atoms with van der Waals surface area (Å²) in [4.78, 5) is 10.7. The highest BCUT2D eigenvalue weighted by molar-refractivity contribution is 5.88. The van der Waals surface area contributed by atoms with Crippen LogP contribution in [0.15, 0.2) is 30.8 Å². The van der Waals surface area contributed by atoms with E-state index >= 15 is 0 Å². The number of allylic oxidation sites excluding steroid dienone is 1. The van der Waals surface area contributed by atoms with Gasteiger partial charge in [0.05, 0.1) is 0 Å². The Kier molecular flexibility index (Phi) is 2.85. The highest BCUT2D eigenvalue weighted by Gasteiger charge is 1.95. The Balaban J connectivity index is 2.81. The molecule has 1 aromatic carbocycles. The van der Waals surface area contributed by atoms with E-state index in [0.29, 0.717) is 0 Å².